The number of nitrogen functional groups attached to an aromatic ring is 1. The quantitative estimate of drug-likeness (QED) is 0.493. The molecule has 3 N–H and O–H groups in total. The van der Waals surface area contributed by atoms with Crippen molar-refractivity contribution < 1.29 is 4.79 Å². The third-order valence-corrected chi connectivity index (χ3v) is 3.10. The van der Waals surface area contributed by atoms with E-state index in [9.17, 15) is 9.59 Å². The van der Waals surface area contributed by atoms with Crippen LogP contribution in [0.5, 0.6) is 0 Å². The Morgan fingerprint density at radius 2 is 2.10 bits per heavy atom. The lowest BCUT2D eigenvalue weighted by Crippen LogP contribution is -2.30. The molecular formula is C14H18N4O2. The summed E-state index contributed by atoms with van der Waals surface area (Å²) in [7, 11) is 0. The summed E-state index contributed by atoms with van der Waals surface area (Å²) < 4.78 is 3.27. The third kappa shape index (κ3) is 2.80. The summed E-state index contributed by atoms with van der Waals surface area (Å²) in [5.41, 5.74) is 3.37. The molecule has 0 radical (unpaired) electrons. The van der Waals surface area contributed by atoms with E-state index in [0.717, 1.165) is 5.56 Å². The predicted octanol–water partition coefficient (Wildman–Crippen LogP) is 0.883. The first kappa shape index (κ1) is 14.1. The second-order valence-electron chi connectivity index (χ2n) is 4.88. The maximum absolute atomic E-state index is 12.1. The molecule has 0 saturated carbocycles. The van der Waals surface area contributed by atoms with Crippen molar-refractivity contribution in [3.8, 4) is 0 Å². The van der Waals surface area contributed by atoms with Crippen LogP contribution in [-0.4, -0.2) is 15.0 Å². The maximum Gasteiger partial charge on any atom is 0.328 e. The molecule has 0 bridgehead atoms. The van der Waals surface area contributed by atoms with Crippen molar-refractivity contribution in [2.75, 3.05) is 0 Å². The number of hydrazine groups is 1. The molecule has 0 saturated heterocycles. The molecule has 0 aliphatic heterocycles. The van der Waals surface area contributed by atoms with Crippen molar-refractivity contribution in [2.24, 2.45) is 5.84 Å². The highest BCUT2D eigenvalue weighted by Crippen LogP contribution is 2.07. The number of nitrogens with one attached hydrogen (secondary N) is 1. The van der Waals surface area contributed by atoms with Gasteiger partial charge in [-0.2, -0.15) is 0 Å². The summed E-state index contributed by atoms with van der Waals surface area (Å²) in [5.74, 6) is 4.76. The molecule has 2 rings (SSSR count). The van der Waals surface area contributed by atoms with Crippen molar-refractivity contribution >= 4 is 5.91 Å². The molecule has 6 nitrogen and oxygen atoms in total. The Morgan fingerprint density at radius 3 is 2.70 bits per heavy atom. The van der Waals surface area contributed by atoms with E-state index in [0.29, 0.717) is 12.1 Å². The molecule has 0 spiro atoms. The zero-order chi connectivity index (χ0) is 14.7. The van der Waals surface area contributed by atoms with Crippen LogP contribution in [0.15, 0.2) is 41.5 Å². The second kappa shape index (κ2) is 5.75. The Kier molecular flexibility index (Phi) is 4.05. The molecule has 6 heteroatoms. The minimum Gasteiger partial charge on any atom is -0.297 e. The Bertz CT molecular complexity index is 670. The van der Waals surface area contributed by atoms with E-state index in [4.69, 9.17) is 5.84 Å². The Morgan fingerprint density at radius 1 is 1.35 bits per heavy atom. The van der Waals surface area contributed by atoms with Crippen molar-refractivity contribution in [1.82, 2.24) is 14.6 Å². The lowest BCUT2D eigenvalue weighted by molar-refractivity contribution is 0.0953. The Balaban J connectivity index is 2.27. The Hall–Kier alpha value is -2.34. The van der Waals surface area contributed by atoms with Crippen molar-refractivity contribution in [3.05, 3.63) is 58.3 Å². The first-order valence-corrected chi connectivity index (χ1v) is 6.40. The van der Waals surface area contributed by atoms with Gasteiger partial charge < -0.3 is 0 Å². The molecule has 1 amide bonds. The second-order valence-corrected chi connectivity index (χ2v) is 4.88. The highest BCUT2D eigenvalue weighted by molar-refractivity contribution is 5.93. The Labute approximate surface area is 116 Å². The number of hydrogen-bond donors (Lipinski definition) is 2. The molecule has 20 heavy (non-hydrogen) atoms. The topological polar surface area (TPSA) is 82.1 Å². The minimum atomic E-state index is -0.348. The molecule has 2 aromatic rings. The number of nitrogens with two attached hydrogens (primary N) is 1. The van der Waals surface area contributed by atoms with E-state index in [1.807, 2.05) is 19.9 Å². The first-order valence-electron chi connectivity index (χ1n) is 6.40. The minimum absolute atomic E-state index is 0.0614. The van der Waals surface area contributed by atoms with Gasteiger partial charge in [0.2, 0.25) is 0 Å². The van der Waals surface area contributed by atoms with Crippen LogP contribution in [-0.2, 0) is 6.54 Å². The number of carbonyl (C=O) groups excluding carboxylic acids is 1. The summed E-state index contributed by atoms with van der Waals surface area (Å²) in [6, 6.07) is 7.16. The lowest BCUT2D eigenvalue weighted by Gasteiger charge is -2.06. The van der Waals surface area contributed by atoms with E-state index in [-0.39, 0.29) is 17.6 Å². The zero-order valence-electron chi connectivity index (χ0n) is 11.5. The van der Waals surface area contributed by atoms with Gasteiger partial charge in [-0.05, 0) is 31.5 Å². The molecule has 106 valence electrons. The number of imidazole rings is 1. The smallest absolute Gasteiger partial charge is 0.297 e. The molecule has 1 heterocycles. The number of carbonyl (C=O) groups is 1. The van der Waals surface area contributed by atoms with E-state index in [1.165, 1.54) is 0 Å². The fourth-order valence-corrected chi connectivity index (χ4v) is 2.03. The van der Waals surface area contributed by atoms with Gasteiger partial charge in [-0.25, -0.2) is 10.6 Å². The van der Waals surface area contributed by atoms with Crippen LogP contribution >= 0.6 is 0 Å². The van der Waals surface area contributed by atoms with Crippen LogP contribution in [0, 0.1) is 0 Å². The molecule has 1 aromatic heterocycles. The summed E-state index contributed by atoms with van der Waals surface area (Å²) in [6.45, 7) is 4.33. The van der Waals surface area contributed by atoms with Gasteiger partial charge >= 0.3 is 5.69 Å². The number of benzene rings is 1. The van der Waals surface area contributed by atoms with E-state index in [2.05, 4.69) is 5.43 Å². The van der Waals surface area contributed by atoms with Gasteiger partial charge in [0.25, 0.3) is 5.91 Å². The van der Waals surface area contributed by atoms with Crippen LogP contribution in [0.3, 0.4) is 0 Å². The summed E-state index contributed by atoms with van der Waals surface area (Å²) in [4.78, 5) is 23.6. The van der Waals surface area contributed by atoms with Gasteiger partial charge in [-0.1, -0.05) is 12.1 Å². The molecule has 0 atom stereocenters. The van der Waals surface area contributed by atoms with Gasteiger partial charge in [0.1, 0.15) is 0 Å². The van der Waals surface area contributed by atoms with Crippen LogP contribution in [0.1, 0.15) is 35.8 Å². The van der Waals surface area contributed by atoms with Gasteiger partial charge in [0.05, 0.1) is 6.54 Å². The number of rotatable bonds is 4. The first-order chi connectivity index (χ1) is 9.52. The number of aromatic nitrogens is 2. The van der Waals surface area contributed by atoms with Gasteiger partial charge in [0, 0.05) is 24.0 Å². The maximum atomic E-state index is 12.1. The van der Waals surface area contributed by atoms with Crippen molar-refractivity contribution in [2.45, 2.75) is 26.4 Å². The van der Waals surface area contributed by atoms with Crippen LogP contribution in [0.4, 0.5) is 0 Å². The standard InChI is InChI=1S/C14H18N4O2/c1-10(2)18-7-6-17(14(18)20)9-11-4-3-5-12(8-11)13(19)16-15/h3-8,10H,9,15H2,1-2H3,(H,16,19). The molecular weight excluding hydrogens is 256 g/mol. The summed E-state index contributed by atoms with van der Waals surface area (Å²) in [6.07, 6.45) is 3.52. The zero-order valence-corrected chi connectivity index (χ0v) is 11.5. The van der Waals surface area contributed by atoms with Crippen LogP contribution < -0.4 is 17.0 Å². The number of nitrogens with zero attached hydrogens (tertiary/aromatic N) is 2. The molecule has 1 aromatic carbocycles. The van der Waals surface area contributed by atoms with Gasteiger partial charge in [-0.3, -0.25) is 19.4 Å². The average Bonchev–Trinajstić information content (AvgIpc) is 2.80. The highest BCUT2D eigenvalue weighted by Gasteiger charge is 2.08. The molecule has 0 aliphatic carbocycles. The van der Waals surface area contributed by atoms with Crippen LogP contribution in [0.25, 0.3) is 0 Å². The fourth-order valence-electron chi connectivity index (χ4n) is 2.03. The van der Waals surface area contributed by atoms with Gasteiger partial charge in [-0.15, -0.1) is 0 Å². The van der Waals surface area contributed by atoms with E-state index in [1.54, 1.807) is 39.7 Å². The van der Waals surface area contributed by atoms with E-state index < -0.39 is 0 Å². The average molecular weight is 274 g/mol. The largest absolute Gasteiger partial charge is 0.328 e. The summed E-state index contributed by atoms with van der Waals surface area (Å²) in [5, 5.41) is 0. The monoisotopic (exact) mass is 274 g/mol. The number of amides is 1. The molecule has 0 unspecified atom stereocenters. The molecule has 0 aliphatic rings. The van der Waals surface area contributed by atoms with Gasteiger partial charge in [0.15, 0.2) is 0 Å². The van der Waals surface area contributed by atoms with Crippen LogP contribution in [0.2, 0.25) is 0 Å². The summed E-state index contributed by atoms with van der Waals surface area (Å²) >= 11 is 0. The molecule has 0 fully saturated rings. The third-order valence-electron chi connectivity index (χ3n) is 3.10. The fraction of sp³-hybridized carbons (Fsp3) is 0.286. The highest BCUT2D eigenvalue weighted by atomic mass is 16.2. The number of hydrogen-bond acceptors (Lipinski definition) is 3. The van der Waals surface area contributed by atoms with Crippen molar-refractivity contribution in [1.29, 1.82) is 0 Å². The SMILES string of the molecule is CC(C)n1ccn(Cc2cccc(C(=O)NN)c2)c1=O. The van der Waals surface area contributed by atoms with E-state index >= 15 is 0 Å². The lowest BCUT2D eigenvalue weighted by atomic mass is 10.1. The normalized spacial score (nSPS) is 10.8. The predicted molar refractivity (Wildman–Crippen MR) is 76.3 cm³/mol. The van der Waals surface area contributed by atoms with Crippen molar-refractivity contribution in [3.63, 3.8) is 0 Å².